The van der Waals surface area contributed by atoms with E-state index in [1.165, 1.54) is 12.1 Å². The number of benzene rings is 2. The fourth-order valence-electron chi connectivity index (χ4n) is 2.06. The quantitative estimate of drug-likeness (QED) is 0.643. The molecule has 0 spiro atoms. The summed E-state index contributed by atoms with van der Waals surface area (Å²) in [6.45, 7) is -0.0729. The molecule has 0 aliphatic carbocycles. The van der Waals surface area contributed by atoms with E-state index in [9.17, 15) is 9.18 Å². The van der Waals surface area contributed by atoms with Crippen LogP contribution in [0.2, 0.25) is 0 Å². The number of halogens is 1. The van der Waals surface area contributed by atoms with Crippen LogP contribution in [0.15, 0.2) is 48.8 Å². The van der Waals surface area contributed by atoms with Gasteiger partial charge in [-0.05, 0) is 42.3 Å². The fourth-order valence-corrected chi connectivity index (χ4v) is 2.06. The predicted molar refractivity (Wildman–Crippen MR) is 86.6 cm³/mol. The maximum atomic E-state index is 12.6. The van der Waals surface area contributed by atoms with Crippen LogP contribution >= 0.6 is 0 Å². The molecule has 120 valence electrons. The Morgan fingerprint density at radius 3 is 2.83 bits per heavy atom. The molecule has 0 fully saturated rings. The van der Waals surface area contributed by atoms with Crippen molar-refractivity contribution >= 4 is 17.3 Å². The van der Waals surface area contributed by atoms with Crippen LogP contribution in [-0.4, -0.2) is 34.0 Å². The van der Waals surface area contributed by atoms with Gasteiger partial charge in [0.05, 0.1) is 24.0 Å². The number of aliphatic hydroxyl groups is 1. The zero-order valence-corrected chi connectivity index (χ0v) is 12.4. The summed E-state index contributed by atoms with van der Waals surface area (Å²) < 4.78 is 12.6. The highest BCUT2D eigenvalue weighted by molar-refractivity contribution is 5.84. The van der Waals surface area contributed by atoms with Gasteiger partial charge in [0.1, 0.15) is 12.1 Å². The van der Waals surface area contributed by atoms with Crippen LogP contribution in [0.5, 0.6) is 0 Å². The van der Waals surface area contributed by atoms with Gasteiger partial charge in [-0.3, -0.25) is 4.79 Å². The first-order chi connectivity index (χ1) is 11.1. The second kappa shape index (κ2) is 8.17. The minimum Gasteiger partial charge on any atom is -0.395 e. The van der Waals surface area contributed by atoms with Crippen LogP contribution in [0.4, 0.5) is 4.39 Å². The van der Waals surface area contributed by atoms with Gasteiger partial charge in [0.2, 0.25) is 0 Å². The van der Waals surface area contributed by atoms with Gasteiger partial charge < -0.3 is 15.8 Å². The second-order valence-electron chi connectivity index (χ2n) is 5.07. The van der Waals surface area contributed by atoms with E-state index in [0.29, 0.717) is 12.0 Å². The van der Waals surface area contributed by atoms with E-state index in [1.807, 2.05) is 6.07 Å². The second-order valence-corrected chi connectivity index (χ2v) is 5.07. The average molecular weight is 315 g/mol. The van der Waals surface area contributed by atoms with Crippen molar-refractivity contribution in [3.05, 3.63) is 65.7 Å². The van der Waals surface area contributed by atoms with Crippen LogP contribution < -0.4 is 5.73 Å². The lowest BCUT2D eigenvalue weighted by Crippen LogP contribution is -2.26. The molecule has 0 aliphatic rings. The number of hydrogen-bond acceptors (Lipinski definition) is 4. The Morgan fingerprint density at radius 1 is 1.30 bits per heavy atom. The number of carbonyl (C=O) groups is 1. The molecule has 1 heterocycles. The van der Waals surface area contributed by atoms with Gasteiger partial charge in [-0.15, -0.1) is 0 Å². The van der Waals surface area contributed by atoms with Crippen LogP contribution in [0.3, 0.4) is 0 Å². The monoisotopic (exact) mass is 315 g/mol. The van der Waals surface area contributed by atoms with Gasteiger partial charge in [-0.1, -0.05) is 12.1 Å². The standard InChI is InChI=1S/C9H12FNO.C8H6N2O/c10-8-3-1-2-7(4-8)5-9(11)6-12;11-4-6-1-2-7-8(3-6)10-5-9-7/h1-4,9,12H,5-6,11H2;1-5H,(H,9,10). The Morgan fingerprint density at radius 2 is 2.13 bits per heavy atom. The molecule has 0 saturated carbocycles. The van der Waals surface area contributed by atoms with Gasteiger partial charge in [0, 0.05) is 11.6 Å². The van der Waals surface area contributed by atoms with E-state index >= 15 is 0 Å². The number of nitrogens with two attached hydrogens (primary N) is 1. The van der Waals surface area contributed by atoms with Crippen LogP contribution in [-0.2, 0) is 6.42 Å². The van der Waals surface area contributed by atoms with Gasteiger partial charge in [-0.2, -0.15) is 0 Å². The molecule has 3 aromatic rings. The van der Waals surface area contributed by atoms with Crippen molar-refractivity contribution < 1.29 is 14.3 Å². The molecule has 0 saturated heterocycles. The van der Waals surface area contributed by atoms with Crippen LogP contribution in [0.1, 0.15) is 15.9 Å². The minimum absolute atomic E-state index is 0.0729. The van der Waals surface area contributed by atoms with Crippen molar-refractivity contribution in [2.45, 2.75) is 12.5 Å². The number of fused-ring (bicyclic) bond motifs is 1. The van der Waals surface area contributed by atoms with Gasteiger partial charge >= 0.3 is 0 Å². The molecule has 2 aromatic carbocycles. The average Bonchev–Trinajstić information content (AvgIpc) is 3.02. The van der Waals surface area contributed by atoms with E-state index in [0.717, 1.165) is 22.9 Å². The van der Waals surface area contributed by atoms with E-state index in [4.69, 9.17) is 10.8 Å². The van der Waals surface area contributed by atoms with Crippen molar-refractivity contribution in [3.63, 3.8) is 0 Å². The SMILES string of the molecule is NC(CO)Cc1cccc(F)c1.O=Cc1ccc2nc[nH]c2c1. The third-order valence-corrected chi connectivity index (χ3v) is 3.20. The first kappa shape index (κ1) is 16.8. The van der Waals surface area contributed by atoms with Crippen molar-refractivity contribution in [2.75, 3.05) is 6.61 Å². The number of aldehydes is 1. The van der Waals surface area contributed by atoms with E-state index in [2.05, 4.69) is 9.97 Å². The highest BCUT2D eigenvalue weighted by atomic mass is 19.1. The zero-order chi connectivity index (χ0) is 16.7. The van der Waals surface area contributed by atoms with Crippen molar-refractivity contribution in [1.29, 1.82) is 0 Å². The highest BCUT2D eigenvalue weighted by Gasteiger charge is 2.02. The number of rotatable bonds is 4. The number of imidazole rings is 1. The number of hydrogen-bond donors (Lipinski definition) is 3. The van der Waals surface area contributed by atoms with E-state index in [1.54, 1.807) is 30.6 Å². The molecule has 0 amide bonds. The molecular weight excluding hydrogens is 297 g/mol. The Bertz CT molecular complexity index is 773. The lowest BCUT2D eigenvalue weighted by Gasteiger charge is -2.07. The molecule has 0 bridgehead atoms. The number of aromatic nitrogens is 2. The Kier molecular flexibility index (Phi) is 5.96. The van der Waals surface area contributed by atoms with E-state index in [-0.39, 0.29) is 18.5 Å². The van der Waals surface area contributed by atoms with Crippen molar-refractivity contribution in [3.8, 4) is 0 Å². The number of aliphatic hydroxyl groups excluding tert-OH is 1. The molecule has 1 unspecified atom stereocenters. The molecule has 5 nitrogen and oxygen atoms in total. The highest BCUT2D eigenvalue weighted by Crippen LogP contribution is 2.09. The summed E-state index contributed by atoms with van der Waals surface area (Å²) >= 11 is 0. The largest absolute Gasteiger partial charge is 0.395 e. The number of nitrogens with one attached hydrogen (secondary N) is 1. The first-order valence-corrected chi connectivity index (χ1v) is 7.11. The number of H-pyrrole nitrogens is 1. The summed E-state index contributed by atoms with van der Waals surface area (Å²) in [6, 6.07) is 11.3. The summed E-state index contributed by atoms with van der Waals surface area (Å²) in [7, 11) is 0. The molecule has 3 rings (SSSR count). The number of nitrogens with zero attached hydrogens (tertiary/aromatic N) is 1. The fraction of sp³-hybridized carbons (Fsp3) is 0.176. The molecule has 1 aromatic heterocycles. The number of carbonyl (C=O) groups excluding carboxylic acids is 1. The lowest BCUT2D eigenvalue weighted by molar-refractivity contribution is 0.112. The zero-order valence-electron chi connectivity index (χ0n) is 12.4. The van der Waals surface area contributed by atoms with Gasteiger partial charge in [-0.25, -0.2) is 9.37 Å². The third kappa shape index (κ3) is 4.98. The van der Waals surface area contributed by atoms with Crippen molar-refractivity contribution in [2.24, 2.45) is 5.73 Å². The van der Waals surface area contributed by atoms with Crippen molar-refractivity contribution in [1.82, 2.24) is 9.97 Å². The number of aromatic amines is 1. The van der Waals surface area contributed by atoms with Crippen LogP contribution in [0.25, 0.3) is 11.0 Å². The topological polar surface area (TPSA) is 92.0 Å². The molecule has 6 heteroatoms. The maximum Gasteiger partial charge on any atom is 0.150 e. The minimum atomic E-state index is -0.299. The Balaban J connectivity index is 0.000000167. The molecule has 1 atom stereocenters. The lowest BCUT2D eigenvalue weighted by atomic mass is 10.1. The Hall–Kier alpha value is -2.57. The summed E-state index contributed by atoms with van der Waals surface area (Å²) in [5.74, 6) is -0.266. The summed E-state index contributed by atoms with van der Waals surface area (Å²) in [4.78, 5) is 17.3. The first-order valence-electron chi connectivity index (χ1n) is 7.11. The van der Waals surface area contributed by atoms with Gasteiger partial charge in [0.15, 0.2) is 0 Å². The molecule has 0 radical (unpaired) electrons. The van der Waals surface area contributed by atoms with E-state index < -0.39 is 0 Å². The smallest absolute Gasteiger partial charge is 0.150 e. The predicted octanol–water partition coefficient (Wildman–Crippen LogP) is 2.06. The molecular formula is C17H18FN3O2. The third-order valence-electron chi connectivity index (χ3n) is 3.20. The molecule has 23 heavy (non-hydrogen) atoms. The normalized spacial score (nSPS) is 11.6. The summed E-state index contributed by atoms with van der Waals surface area (Å²) in [6.07, 6.45) is 2.94. The maximum absolute atomic E-state index is 12.6. The summed E-state index contributed by atoms with van der Waals surface area (Å²) in [5.41, 5.74) is 8.75. The van der Waals surface area contributed by atoms with Gasteiger partial charge in [0.25, 0.3) is 0 Å². The molecule has 4 N–H and O–H groups in total. The van der Waals surface area contributed by atoms with Crippen LogP contribution in [0, 0.1) is 5.82 Å². The summed E-state index contributed by atoms with van der Waals surface area (Å²) in [5, 5.41) is 8.65. The Labute approximate surface area is 133 Å². The molecule has 0 aliphatic heterocycles.